The van der Waals surface area contributed by atoms with Gasteiger partial charge in [0.2, 0.25) is 0 Å². The summed E-state index contributed by atoms with van der Waals surface area (Å²) in [5.74, 6) is 0. The Morgan fingerprint density at radius 2 is 1.04 bits per heavy atom. The van der Waals surface area contributed by atoms with Gasteiger partial charge in [0.15, 0.2) is 0 Å². The quantitative estimate of drug-likeness (QED) is 0.304. The van der Waals surface area contributed by atoms with Gasteiger partial charge in [-0.3, -0.25) is 0 Å². The average Bonchev–Trinajstić information content (AvgIpc) is 2.69. The lowest BCUT2D eigenvalue weighted by atomic mass is 9.91. The fourth-order valence-corrected chi connectivity index (χ4v) is 4.06. The Hall–Kier alpha value is -3.12. The van der Waals surface area contributed by atoms with E-state index in [-0.39, 0.29) is 0 Å². The van der Waals surface area contributed by atoms with Crippen molar-refractivity contribution in [2.75, 3.05) is 0 Å². The van der Waals surface area contributed by atoms with Crippen molar-refractivity contribution < 1.29 is 0 Å². The highest BCUT2D eigenvalue weighted by Gasteiger charge is 2.09. The molecule has 0 atom stereocenters. The maximum atomic E-state index is 2.39. The smallest absolute Gasteiger partial charge is 0.00255 e. The fraction of sp³-hybridized carbons (Fsp3) is 0.0769. The number of hydrogen-bond donors (Lipinski definition) is 0. The maximum absolute atomic E-state index is 2.39. The number of benzene rings is 5. The SMILES string of the molecule is Cc1ccc2c3ccccc3c3ccc(Cc4ccccc4)cc3c2c1. The summed E-state index contributed by atoms with van der Waals surface area (Å²) in [6, 6.07) is 33.3. The van der Waals surface area contributed by atoms with E-state index in [0.29, 0.717) is 0 Å². The number of rotatable bonds is 2. The van der Waals surface area contributed by atoms with E-state index in [1.807, 2.05) is 0 Å². The summed E-state index contributed by atoms with van der Waals surface area (Å²) in [6.07, 6.45) is 0.969. The Bertz CT molecular complexity index is 1250. The van der Waals surface area contributed by atoms with Gasteiger partial charge in [0.1, 0.15) is 0 Å². The molecule has 124 valence electrons. The van der Waals surface area contributed by atoms with E-state index in [2.05, 4.69) is 97.9 Å². The molecule has 0 unspecified atom stereocenters. The monoisotopic (exact) mass is 332 g/mol. The van der Waals surface area contributed by atoms with Crippen molar-refractivity contribution in [2.24, 2.45) is 0 Å². The van der Waals surface area contributed by atoms with E-state index in [0.717, 1.165) is 6.42 Å². The highest BCUT2D eigenvalue weighted by molar-refractivity contribution is 6.25. The molecule has 26 heavy (non-hydrogen) atoms. The van der Waals surface area contributed by atoms with Gasteiger partial charge in [-0.2, -0.15) is 0 Å². The molecule has 5 aromatic rings. The first-order chi connectivity index (χ1) is 12.8. The Labute approximate surface area is 153 Å². The zero-order valence-corrected chi connectivity index (χ0v) is 14.9. The van der Waals surface area contributed by atoms with Gasteiger partial charge in [-0.25, -0.2) is 0 Å². The van der Waals surface area contributed by atoms with Crippen LogP contribution in [0.15, 0.2) is 91.0 Å². The first-order valence-electron chi connectivity index (χ1n) is 9.17. The van der Waals surface area contributed by atoms with Crippen LogP contribution in [0.5, 0.6) is 0 Å². The van der Waals surface area contributed by atoms with E-state index >= 15 is 0 Å². The van der Waals surface area contributed by atoms with E-state index in [1.165, 1.54) is 49.0 Å². The van der Waals surface area contributed by atoms with E-state index in [9.17, 15) is 0 Å². The molecule has 5 aromatic carbocycles. The summed E-state index contributed by atoms with van der Waals surface area (Å²) >= 11 is 0. The summed E-state index contributed by atoms with van der Waals surface area (Å²) in [5, 5.41) is 8.08. The van der Waals surface area contributed by atoms with Crippen LogP contribution >= 0.6 is 0 Å². The molecule has 0 aliphatic heterocycles. The van der Waals surface area contributed by atoms with Gasteiger partial charge in [-0.15, -0.1) is 0 Å². The van der Waals surface area contributed by atoms with Gasteiger partial charge in [-0.1, -0.05) is 96.6 Å². The average molecular weight is 332 g/mol. The van der Waals surface area contributed by atoms with Crippen molar-refractivity contribution in [3.63, 3.8) is 0 Å². The van der Waals surface area contributed by atoms with E-state index in [1.54, 1.807) is 0 Å². The molecule has 0 heterocycles. The number of hydrogen-bond acceptors (Lipinski definition) is 0. The second-order valence-electron chi connectivity index (χ2n) is 7.14. The molecule has 0 heteroatoms. The predicted octanol–water partition coefficient (Wildman–Crippen LogP) is 7.05. The van der Waals surface area contributed by atoms with Crippen LogP contribution in [0, 0.1) is 6.92 Å². The van der Waals surface area contributed by atoms with Crippen LogP contribution in [0.2, 0.25) is 0 Å². The molecule has 0 amide bonds. The Morgan fingerprint density at radius 3 is 1.77 bits per heavy atom. The Morgan fingerprint density at radius 1 is 0.462 bits per heavy atom. The number of fused-ring (bicyclic) bond motifs is 6. The summed E-state index contributed by atoms with van der Waals surface area (Å²) in [4.78, 5) is 0. The molecular weight excluding hydrogens is 312 g/mol. The standard InChI is InChI=1S/C26H20/c1-18-11-13-23-21-9-5-6-10-22(21)24-14-12-20(17-26(24)25(23)15-18)16-19-7-3-2-4-8-19/h2-15,17H,16H2,1H3. The highest BCUT2D eigenvalue weighted by Crippen LogP contribution is 2.36. The molecule has 5 rings (SSSR count). The molecular formula is C26H20. The molecule has 0 nitrogen and oxygen atoms in total. The summed E-state index contributed by atoms with van der Waals surface area (Å²) < 4.78 is 0. The van der Waals surface area contributed by atoms with Crippen LogP contribution in [-0.4, -0.2) is 0 Å². The maximum Gasteiger partial charge on any atom is -0.00255 e. The van der Waals surface area contributed by atoms with E-state index < -0.39 is 0 Å². The minimum absolute atomic E-state index is 0.969. The minimum Gasteiger partial charge on any atom is -0.0622 e. The second-order valence-corrected chi connectivity index (χ2v) is 7.14. The molecule has 0 aliphatic rings. The van der Waals surface area contributed by atoms with Crippen LogP contribution in [0.3, 0.4) is 0 Å². The molecule has 0 aliphatic carbocycles. The van der Waals surface area contributed by atoms with Gasteiger partial charge in [0.25, 0.3) is 0 Å². The van der Waals surface area contributed by atoms with Crippen LogP contribution < -0.4 is 0 Å². The Balaban J connectivity index is 1.83. The molecule has 0 radical (unpaired) electrons. The lowest BCUT2D eigenvalue weighted by molar-refractivity contribution is 1.20. The lowest BCUT2D eigenvalue weighted by Crippen LogP contribution is -1.90. The van der Waals surface area contributed by atoms with Crippen molar-refractivity contribution in [3.05, 3.63) is 108 Å². The highest BCUT2D eigenvalue weighted by atomic mass is 14.1. The van der Waals surface area contributed by atoms with Crippen LogP contribution in [-0.2, 0) is 6.42 Å². The topological polar surface area (TPSA) is 0 Å². The minimum atomic E-state index is 0.969. The van der Waals surface area contributed by atoms with Gasteiger partial charge >= 0.3 is 0 Å². The van der Waals surface area contributed by atoms with Crippen molar-refractivity contribution in [3.8, 4) is 0 Å². The van der Waals surface area contributed by atoms with Gasteiger partial charge in [0, 0.05) is 0 Å². The molecule has 0 bridgehead atoms. The van der Waals surface area contributed by atoms with Gasteiger partial charge in [0.05, 0.1) is 0 Å². The third kappa shape index (κ3) is 2.46. The van der Waals surface area contributed by atoms with Crippen molar-refractivity contribution >= 4 is 32.3 Å². The van der Waals surface area contributed by atoms with Gasteiger partial charge in [-0.05, 0) is 56.8 Å². The largest absolute Gasteiger partial charge is 0.0622 e. The van der Waals surface area contributed by atoms with E-state index in [4.69, 9.17) is 0 Å². The van der Waals surface area contributed by atoms with Crippen LogP contribution in [0.4, 0.5) is 0 Å². The normalized spacial score (nSPS) is 11.4. The zero-order chi connectivity index (χ0) is 17.5. The molecule has 0 spiro atoms. The lowest BCUT2D eigenvalue weighted by Gasteiger charge is -2.12. The first-order valence-corrected chi connectivity index (χ1v) is 9.17. The molecule has 0 N–H and O–H groups in total. The molecule has 0 aromatic heterocycles. The van der Waals surface area contributed by atoms with Crippen LogP contribution in [0.25, 0.3) is 32.3 Å². The van der Waals surface area contributed by atoms with Crippen molar-refractivity contribution in [1.29, 1.82) is 0 Å². The molecule has 0 fully saturated rings. The summed E-state index contributed by atoms with van der Waals surface area (Å²) in [5.41, 5.74) is 4.03. The Kier molecular flexibility index (Phi) is 3.50. The summed E-state index contributed by atoms with van der Waals surface area (Å²) in [7, 11) is 0. The van der Waals surface area contributed by atoms with Crippen molar-refractivity contribution in [1.82, 2.24) is 0 Å². The number of aryl methyl sites for hydroxylation is 1. The van der Waals surface area contributed by atoms with Crippen molar-refractivity contribution in [2.45, 2.75) is 13.3 Å². The van der Waals surface area contributed by atoms with Crippen LogP contribution in [0.1, 0.15) is 16.7 Å². The summed E-state index contributed by atoms with van der Waals surface area (Å²) in [6.45, 7) is 2.17. The van der Waals surface area contributed by atoms with Gasteiger partial charge < -0.3 is 0 Å². The second kappa shape index (κ2) is 6.00. The third-order valence-electron chi connectivity index (χ3n) is 5.31. The zero-order valence-electron chi connectivity index (χ0n) is 14.9. The first kappa shape index (κ1) is 15.2. The third-order valence-corrected chi connectivity index (χ3v) is 5.31. The predicted molar refractivity (Wildman–Crippen MR) is 113 cm³/mol. The molecule has 0 saturated heterocycles. The molecule has 0 saturated carbocycles. The fourth-order valence-electron chi connectivity index (χ4n) is 4.06.